The van der Waals surface area contributed by atoms with Gasteiger partial charge < -0.3 is 4.90 Å². The molecule has 0 aromatic heterocycles. The van der Waals surface area contributed by atoms with Gasteiger partial charge in [0, 0.05) is 23.2 Å². The molecule has 21 heavy (non-hydrogen) atoms. The molecule has 0 radical (unpaired) electrons. The summed E-state index contributed by atoms with van der Waals surface area (Å²) in [4.78, 5) is 2.44. The number of nitrogens with zero attached hydrogens (tertiary/aromatic N) is 3. The van der Waals surface area contributed by atoms with Crippen LogP contribution in [0.25, 0.3) is 0 Å². The van der Waals surface area contributed by atoms with Gasteiger partial charge in [-0.15, -0.1) is 0 Å². The van der Waals surface area contributed by atoms with Crippen LogP contribution >= 0.6 is 15.9 Å². The molecule has 1 heterocycles. The van der Waals surface area contributed by atoms with Crippen molar-refractivity contribution in [2.75, 3.05) is 18.0 Å². The summed E-state index contributed by atoms with van der Waals surface area (Å²) in [6, 6.07) is 16.2. The van der Waals surface area contributed by atoms with Crippen LogP contribution in [0.15, 0.2) is 63.2 Å². The summed E-state index contributed by atoms with van der Waals surface area (Å²) in [6.45, 7) is 2.33. The van der Waals surface area contributed by atoms with Crippen LogP contribution in [0.1, 0.15) is 19.3 Å². The number of hydrogen-bond acceptors (Lipinski definition) is 3. The maximum absolute atomic E-state index is 4.28. The molecule has 0 bridgehead atoms. The standard InChI is InChI=1S/C17H18BrN3/c18-14-4-6-15(7-5-14)19-20-16-8-10-17(11-9-16)21-12-2-1-3-13-21/h4-11H,1-3,12-13H2. The second-order valence-electron chi connectivity index (χ2n) is 5.24. The first-order valence-corrected chi connectivity index (χ1v) is 8.13. The monoisotopic (exact) mass is 343 g/mol. The van der Waals surface area contributed by atoms with E-state index in [4.69, 9.17) is 0 Å². The number of halogens is 1. The van der Waals surface area contributed by atoms with E-state index in [1.54, 1.807) is 0 Å². The molecule has 1 aliphatic heterocycles. The molecule has 3 nitrogen and oxygen atoms in total. The minimum atomic E-state index is 0.860. The Morgan fingerprint density at radius 3 is 1.81 bits per heavy atom. The first kappa shape index (κ1) is 14.3. The van der Waals surface area contributed by atoms with Gasteiger partial charge in [0.1, 0.15) is 0 Å². The van der Waals surface area contributed by atoms with Gasteiger partial charge >= 0.3 is 0 Å². The third-order valence-electron chi connectivity index (χ3n) is 3.68. The van der Waals surface area contributed by atoms with Gasteiger partial charge in [-0.2, -0.15) is 10.2 Å². The van der Waals surface area contributed by atoms with Gasteiger partial charge in [0.25, 0.3) is 0 Å². The van der Waals surface area contributed by atoms with Crippen molar-refractivity contribution in [3.05, 3.63) is 53.0 Å². The summed E-state index contributed by atoms with van der Waals surface area (Å²) in [7, 11) is 0. The molecular weight excluding hydrogens is 326 g/mol. The highest BCUT2D eigenvalue weighted by molar-refractivity contribution is 9.10. The summed E-state index contributed by atoms with van der Waals surface area (Å²) in [5.74, 6) is 0. The molecule has 1 aliphatic rings. The van der Waals surface area contributed by atoms with Crippen molar-refractivity contribution in [2.45, 2.75) is 19.3 Å². The lowest BCUT2D eigenvalue weighted by molar-refractivity contribution is 0.578. The van der Waals surface area contributed by atoms with E-state index in [1.807, 2.05) is 36.4 Å². The summed E-state index contributed by atoms with van der Waals surface area (Å²) < 4.78 is 1.05. The van der Waals surface area contributed by atoms with Gasteiger partial charge in [-0.25, -0.2) is 0 Å². The normalized spacial score (nSPS) is 15.6. The van der Waals surface area contributed by atoms with Crippen molar-refractivity contribution in [3.8, 4) is 0 Å². The fourth-order valence-corrected chi connectivity index (χ4v) is 2.77. The smallest absolute Gasteiger partial charge is 0.0858 e. The molecule has 0 spiro atoms. The molecule has 2 aromatic rings. The Balaban J connectivity index is 1.67. The molecule has 1 fully saturated rings. The van der Waals surface area contributed by atoms with Gasteiger partial charge in [0.15, 0.2) is 0 Å². The summed E-state index contributed by atoms with van der Waals surface area (Å²) in [5.41, 5.74) is 3.04. The minimum Gasteiger partial charge on any atom is -0.372 e. The van der Waals surface area contributed by atoms with E-state index in [2.05, 4.69) is 43.2 Å². The number of benzene rings is 2. The van der Waals surface area contributed by atoms with Crippen molar-refractivity contribution < 1.29 is 0 Å². The van der Waals surface area contributed by atoms with E-state index >= 15 is 0 Å². The topological polar surface area (TPSA) is 28.0 Å². The number of azo groups is 1. The molecule has 0 N–H and O–H groups in total. The third kappa shape index (κ3) is 3.91. The van der Waals surface area contributed by atoms with E-state index in [0.29, 0.717) is 0 Å². The molecule has 0 atom stereocenters. The highest BCUT2D eigenvalue weighted by Gasteiger charge is 2.10. The quantitative estimate of drug-likeness (QED) is 0.642. The van der Waals surface area contributed by atoms with Crippen LogP contribution in [0, 0.1) is 0 Å². The lowest BCUT2D eigenvalue weighted by Crippen LogP contribution is -2.29. The van der Waals surface area contributed by atoms with Crippen molar-refractivity contribution in [1.82, 2.24) is 0 Å². The average molecular weight is 344 g/mol. The molecule has 3 rings (SSSR count). The lowest BCUT2D eigenvalue weighted by atomic mass is 10.1. The van der Waals surface area contributed by atoms with Crippen molar-refractivity contribution in [2.24, 2.45) is 10.2 Å². The third-order valence-corrected chi connectivity index (χ3v) is 4.21. The van der Waals surface area contributed by atoms with E-state index in [0.717, 1.165) is 15.8 Å². The SMILES string of the molecule is Brc1ccc(N=Nc2ccc(N3CCCCC3)cc2)cc1. The van der Waals surface area contributed by atoms with E-state index < -0.39 is 0 Å². The second kappa shape index (κ2) is 6.85. The molecule has 1 saturated heterocycles. The summed E-state index contributed by atoms with van der Waals surface area (Å²) in [5, 5.41) is 8.53. The molecule has 0 amide bonds. The van der Waals surface area contributed by atoms with E-state index in [9.17, 15) is 0 Å². The Morgan fingerprint density at radius 1 is 0.714 bits per heavy atom. The first-order valence-electron chi connectivity index (χ1n) is 7.33. The second-order valence-corrected chi connectivity index (χ2v) is 6.16. The Morgan fingerprint density at radius 2 is 1.24 bits per heavy atom. The van der Waals surface area contributed by atoms with Crippen LogP contribution in [0.3, 0.4) is 0 Å². The van der Waals surface area contributed by atoms with Crippen molar-refractivity contribution >= 4 is 33.0 Å². The maximum atomic E-state index is 4.28. The fraction of sp³-hybridized carbons (Fsp3) is 0.294. The average Bonchev–Trinajstić information content (AvgIpc) is 2.56. The summed E-state index contributed by atoms with van der Waals surface area (Å²) in [6.07, 6.45) is 3.95. The largest absolute Gasteiger partial charge is 0.372 e. The van der Waals surface area contributed by atoms with Gasteiger partial charge in [-0.05, 0) is 67.8 Å². The maximum Gasteiger partial charge on any atom is 0.0858 e. The van der Waals surface area contributed by atoms with Gasteiger partial charge in [0.05, 0.1) is 11.4 Å². The van der Waals surface area contributed by atoms with Crippen molar-refractivity contribution in [1.29, 1.82) is 0 Å². The molecule has 0 aliphatic carbocycles. The molecule has 0 saturated carbocycles. The van der Waals surface area contributed by atoms with E-state index in [1.165, 1.54) is 38.0 Å². The molecular formula is C17H18BrN3. The predicted molar refractivity (Wildman–Crippen MR) is 90.8 cm³/mol. The first-order chi connectivity index (χ1) is 10.3. The lowest BCUT2D eigenvalue weighted by Gasteiger charge is -2.28. The van der Waals surface area contributed by atoms with Gasteiger partial charge in [0.2, 0.25) is 0 Å². The number of anilines is 1. The van der Waals surface area contributed by atoms with E-state index in [-0.39, 0.29) is 0 Å². The number of piperidine rings is 1. The van der Waals surface area contributed by atoms with Crippen molar-refractivity contribution in [3.63, 3.8) is 0 Å². The zero-order chi connectivity index (χ0) is 14.5. The van der Waals surface area contributed by atoms with Gasteiger partial charge in [-0.1, -0.05) is 15.9 Å². The van der Waals surface area contributed by atoms with Crippen LogP contribution in [0.5, 0.6) is 0 Å². The zero-order valence-electron chi connectivity index (χ0n) is 11.9. The summed E-state index contributed by atoms with van der Waals surface area (Å²) >= 11 is 3.41. The fourth-order valence-electron chi connectivity index (χ4n) is 2.51. The number of rotatable bonds is 3. The molecule has 0 unspecified atom stereocenters. The minimum absolute atomic E-state index is 0.860. The highest BCUT2D eigenvalue weighted by atomic mass is 79.9. The molecule has 108 valence electrons. The van der Waals surface area contributed by atoms with Crippen LogP contribution in [-0.4, -0.2) is 13.1 Å². The number of hydrogen-bond donors (Lipinski definition) is 0. The Kier molecular flexibility index (Phi) is 4.65. The van der Waals surface area contributed by atoms with Crippen LogP contribution in [0.2, 0.25) is 0 Å². The Labute approximate surface area is 133 Å². The zero-order valence-corrected chi connectivity index (χ0v) is 13.5. The predicted octanol–water partition coefficient (Wildman–Crippen LogP) is 5.85. The highest BCUT2D eigenvalue weighted by Crippen LogP contribution is 2.24. The van der Waals surface area contributed by atoms with Crippen LogP contribution in [0.4, 0.5) is 17.1 Å². The van der Waals surface area contributed by atoms with Gasteiger partial charge in [-0.3, -0.25) is 0 Å². The van der Waals surface area contributed by atoms with Crippen LogP contribution < -0.4 is 4.90 Å². The molecule has 4 heteroatoms. The van der Waals surface area contributed by atoms with Crippen LogP contribution in [-0.2, 0) is 0 Å². The molecule has 2 aromatic carbocycles. The Hall–Kier alpha value is -1.68. The Bertz CT molecular complexity index is 599.